The maximum absolute atomic E-state index is 11.0. The summed E-state index contributed by atoms with van der Waals surface area (Å²) >= 11 is 0. The number of rotatable bonds is 9. The quantitative estimate of drug-likeness (QED) is 0.557. The molecule has 0 saturated carbocycles. The Kier molecular flexibility index (Phi) is 6.10. The van der Waals surface area contributed by atoms with Crippen LogP contribution in [0.4, 0.5) is 11.8 Å². The van der Waals surface area contributed by atoms with Crippen molar-refractivity contribution in [1.29, 1.82) is 0 Å². The zero-order valence-corrected chi connectivity index (χ0v) is 17.0. The van der Waals surface area contributed by atoms with E-state index >= 15 is 0 Å². The van der Waals surface area contributed by atoms with Gasteiger partial charge in [-0.1, -0.05) is 0 Å². The van der Waals surface area contributed by atoms with E-state index in [-0.39, 0.29) is 6.42 Å². The van der Waals surface area contributed by atoms with E-state index in [0.717, 1.165) is 22.3 Å². The van der Waals surface area contributed by atoms with Gasteiger partial charge in [-0.15, -0.1) is 0 Å². The molecule has 0 amide bonds. The molecule has 10 heteroatoms. The largest absolute Gasteiger partial charge is 0.491 e. The molecule has 3 heterocycles. The lowest BCUT2D eigenvalue weighted by molar-refractivity contribution is -0.136. The number of carboxylic acids is 1. The Morgan fingerprint density at radius 2 is 2.07 bits per heavy atom. The van der Waals surface area contributed by atoms with E-state index in [1.54, 1.807) is 17.1 Å². The minimum Gasteiger partial charge on any atom is -0.491 e. The molecule has 0 spiro atoms. The molecule has 0 saturated heterocycles. The Morgan fingerprint density at radius 3 is 2.72 bits per heavy atom. The number of anilines is 2. The topological polar surface area (TPSA) is 118 Å². The van der Waals surface area contributed by atoms with Gasteiger partial charge in [0.1, 0.15) is 5.82 Å². The van der Waals surface area contributed by atoms with Gasteiger partial charge < -0.3 is 20.1 Å². The Bertz CT molecular complexity index is 1000. The summed E-state index contributed by atoms with van der Waals surface area (Å²) < 4.78 is 7.09. The van der Waals surface area contributed by atoms with Crippen molar-refractivity contribution in [3.8, 4) is 5.75 Å². The minimum absolute atomic E-state index is 0.0233. The van der Waals surface area contributed by atoms with Crippen molar-refractivity contribution in [2.24, 2.45) is 7.05 Å². The fraction of sp³-hybridized carbons (Fsp3) is 0.421. The van der Waals surface area contributed by atoms with Crippen molar-refractivity contribution in [2.45, 2.75) is 26.8 Å². The highest BCUT2D eigenvalue weighted by Gasteiger charge is 2.16. The summed E-state index contributed by atoms with van der Waals surface area (Å²) in [5, 5.41) is 17.6. The average molecular weight is 399 g/mol. The Hall–Kier alpha value is -3.43. The summed E-state index contributed by atoms with van der Waals surface area (Å²) in [5.74, 6) is 0.925. The molecule has 3 aromatic rings. The van der Waals surface area contributed by atoms with E-state index in [1.807, 2.05) is 38.9 Å². The van der Waals surface area contributed by atoms with E-state index in [1.165, 1.54) is 0 Å². The summed E-state index contributed by atoms with van der Waals surface area (Å²) in [6.45, 7) is 5.16. The second-order valence-electron chi connectivity index (χ2n) is 6.65. The van der Waals surface area contributed by atoms with Crippen molar-refractivity contribution in [1.82, 2.24) is 24.7 Å². The predicted molar refractivity (Wildman–Crippen MR) is 109 cm³/mol. The Morgan fingerprint density at radius 1 is 1.34 bits per heavy atom. The molecule has 0 aliphatic heterocycles. The molecule has 0 aromatic carbocycles. The lowest BCUT2D eigenvalue weighted by Gasteiger charge is -2.21. The number of pyridine rings is 1. The van der Waals surface area contributed by atoms with Crippen molar-refractivity contribution in [2.75, 3.05) is 30.4 Å². The molecule has 0 aliphatic carbocycles. The number of hydrogen-bond acceptors (Lipinski definition) is 8. The van der Waals surface area contributed by atoms with Crippen LogP contribution in [0.5, 0.6) is 5.75 Å². The Labute approximate surface area is 168 Å². The van der Waals surface area contributed by atoms with Crippen LogP contribution < -0.4 is 15.0 Å². The fourth-order valence-electron chi connectivity index (χ4n) is 3.03. The third-order valence-corrected chi connectivity index (χ3v) is 4.45. The van der Waals surface area contributed by atoms with Gasteiger partial charge in [-0.25, -0.2) is 15.0 Å². The van der Waals surface area contributed by atoms with E-state index in [9.17, 15) is 4.79 Å². The molecule has 0 aliphatic rings. The molecule has 0 bridgehead atoms. The predicted octanol–water partition coefficient (Wildman–Crippen LogP) is 1.99. The van der Waals surface area contributed by atoms with Gasteiger partial charge in [-0.05, 0) is 19.9 Å². The molecular formula is C19H25N7O3. The third-order valence-electron chi connectivity index (χ3n) is 4.45. The third kappa shape index (κ3) is 4.71. The number of hydrogen-bond donors (Lipinski definition) is 2. The van der Waals surface area contributed by atoms with Crippen molar-refractivity contribution in [3.05, 3.63) is 29.7 Å². The van der Waals surface area contributed by atoms with Crippen molar-refractivity contribution in [3.63, 3.8) is 0 Å². The first-order valence-electron chi connectivity index (χ1n) is 9.34. The van der Waals surface area contributed by atoms with Crippen LogP contribution in [-0.2, 0) is 18.4 Å². The van der Waals surface area contributed by atoms with Gasteiger partial charge in [-0.3, -0.25) is 9.48 Å². The summed E-state index contributed by atoms with van der Waals surface area (Å²) in [7, 11) is 3.67. The zero-order valence-electron chi connectivity index (χ0n) is 17.0. The number of aryl methyl sites for hydroxylation is 2. The van der Waals surface area contributed by atoms with Crippen LogP contribution in [0.1, 0.15) is 24.6 Å². The first-order chi connectivity index (χ1) is 13.9. The highest BCUT2D eigenvalue weighted by molar-refractivity contribution is 5.81. The number of carboxylic acid groups (broad SMARTS) is 1. The summed E-state index contributed by atoms with van der Waals surface area (Å²) in [6.07, 6.45) is 3.26. The fourth-order valence-corrected chi connectivity index (χ4v) is 3.03. The highest BCUT2D eigenvalue weighted by Crippen LogP contribution is 2.25. The maximum Gasteiger partial charge on any atom is 0.305 e. The van der Waals surface area contributed by atoms with Crippen molar-refractivity contribution < 1.29 is 14.6 Å². The number of aromatic nitrogens is 5. The standard InChI is InChI=1S/C19H25N7O3/c1-5-29-14-10-21-19(22-11-14)20-9-13-8-15-12(2)24-26(4)18(15)23-17(13)25(3)7-6-16(27)28/h8,10-11H,5-7,9H2,1-4H3,(H,27,28)(H,20,21,22). The molecule has 3 rings (SSSR count). The zero-order chi connectivity index (χ0) is 21.0. The Balaban J connectivity index is 1.88. The smallest absolute Gasteiger partial charge is 0.305 e. The van der Waals surface area contributed by atoms with Crippen LogP contribution in [0.25, 0.3) is 11.0 Å². The van der Waals surface area contributed by atoms with E-state index in [4.69, 9.17) is 14.8 Å². The van der Waals surface area contributed by atoms with Crippen LogP contribution in [0.3, 0.4) is 0 Å². The molecule has 0 fully saturated rings. The molecule has 154 valence electrons. The van der Waals surface area contributed by atoms with Crippen LogP contribution >= 0.6 is 0 Å². The van der Waals surface area contributed by atoms with Gasteiger partial charge in [0.25, 0.3) is 0 Å². The molecule has 29 heavy (non-hydrogen) atoms. The SMILES string of the molecule is CCOc1cnc(NCc2cc3c(C)nn(C)c3nc2N(C)CCC(=O)O)nc1. The monoisotopic (exact) mass is 399 g/mol. The normalized spacial score (nSPS) is 10.9. The lowest BCUT2D eigenvalue weighted by atomic mass is 10.1. The minimum atomic E-state index is -0.850. The lowest BCUT2D eigenvalue weighted by Crippen LogP contribution is -2.24. The summed E-state index contributed by atoms with van der Waals surface area (Å²) in [4.78, 5) is 26.1. The second kappa shape index (κ2) is 8.72. The summed E-state index contributed by atoms with van der Waals surface area (Å²) in [5.41, 5.74) is 2.54. The van der Waals surface area contributed by atoms with Gasteiger partial charge in [0, 0.05) is 38.1 Å². The van der Waals surface area contributed by atoms with Gasteiger partial charge in [-0.2, -0.15) is 5.10 Å². The number of aliphatic carboxylic acids is 1. The second-order valence-corrected chi connectivity index (χ2v) is 6.65. The van der Waals surface area contributed by atoms with E-state index in [2.05, 4.69) is 20.4 Å². The van der Waals surface area contributed by atoms with Gasteiger partial charge >= 0.3 is 5.97 Å². The number of nitrogens with one attached hydrogen (secondary N) is 1. The first kappa shape index (κ1) is 20.3. The van der Waals surface area contributed by atoms with Gasteiger partial charge in [0.15, 0.2) is 11.4 Å². The van der Waals surface area contributed by atoms with Crippen LogP contribution in [-0.4, -0.2) is 56.0 Å². The molecule has 10 nitrogen and oxygen atoms in total. The van der Waals surface area contributed by atoms with E-state index in [0.29, 0.717) is 37.2 Å². The van der Waals surface area contributed by atoms with Gasteiger partial charge in [0.2, 0.25) is 5.95 Å². The molecule has 0 unspecified atom stereocenters. The molecule has 2 N–H and O–H groups in total. The molecule has 3 aromatic heterocycles. The van der Waals surface area contributed by atoms with Crippen molar-refractivity contribution >= 4 is 28.8 Å². The van der Waals surface area contributed by atoms with Gasteiger partial charge in [0.05, 0.1) is 31.1 Å². The van der Waals surface area contributed by atoms with Crippen LogP contribution in [0, 0.1) is 6.92 Å². The van der Waals surface area contributed by atoms with E-state index < -0.39 is 5.97 Å². The number of nitrogens with zero attached hydrogens (tertiary/aromatic N) is 6. The molecule has 0 radical (unpaired) electrons. The molecule has 0 atom stereocenters. The maximum atomic E-state index is 11.0. The number of fused-ring (bicyclic) bond motifs is 1. The summed E-state index contributed by atoms with van der Waals surface area (Å²) in [6, 6.07) is 2.03. The van der Waals surface area contributed by atoms with Crippen LogP contribution in [0.2, 0.25) is 0 Å². The number of ether oxygens (including phenoxy) is 1. The van der Waals surface area contributed by atoms with Crippen LogP contribution in [0.15, 0.2) is 18.5 Å². The molecular weight excluding hydrogens is 374 g/mol. The first-order valence-corrected chi connectivity index (χ1v) is 9.34. The average Bonchev–Trinajstić information content (AvgIpc) is 2.98. The highest BCUT2D eigenvalue weighted by atomic mass is 16.5. The number of carbonyl (C=O) groups is 1.